The summed E-state index contributed by atoms with van der Waals surface area (Å²) in [4.78, 5) is 23.2. The van der Waals surface area contributed by atoms with Gasteiger partial charge in [-0.2, -0.15) is 0 Å². The lowest BCUT2D eigenvalue weighted by atomic mass is 10.1. The zero-order chi connectivity index (χ0) is 22.9. The van der Waals surface area contributed by atoms with Crippen molar-refractivity contribution >= 4 is 11.9 Å². The number of likely N-dealkylation sites (tertiary alicyclic amines) is 1. The van der Waals surface area contributed by atoms with E-state index in [1.54, 1.807) is 13.2 Å². The molecule has 7 heteroatoms. The van der Waals surface area contributed by atoms with Crippen LogP contribution in [0.25, 0.3) is 0 Å². The Kier molecular flexibility index (Phi) is 8.17. The molecule has 2 aromatic rings. The van der Waals surface area contributed by atoms with E-state index in [9.17, 15) is 4.79 Å². The number of nitrogens with one attached hydrogen (secondary N) is 2. The maximum atomic E-state index is 12.4. The third-order valence-corrected chi connectivity index (χ3v) is 6.47. The van der Waals surface area contributed by atoms with Gasteiger partial charge in [-0.15, -0.1) is 0 Å². The number of hydrogen-bond donors (Lipinski definition) is 2. The molecular weight excluding hydrogens is 414 g/mol. The summed E-state index contributed by atoms with van der Waals surface area (Å²) in [6.45, 7) is 2.86. The van der Waals surface area contributed by atoms with Gasteiger partial charge >= 0.3 is 0 Å². The number of benzene rings is 1. The Morgan fingerprint density at radius 1 is 1.15 bits per heavy atom. The largest absolute Gasteiger partial charge is 0.474 e. The lowest BCUT2D eigenvalue weighted by Gasteiger charge is -2.19. The quantitative estimate of drug-likeness (QED) is 0.454. The van der Waals surface area contributed by atoms with E-state index in [1.165, 1.54) is 18.4 Å². The van der Waals surface area contributed by atoms with Crippen LogP contribution in [0, 0.1) is 5.92 Å². The standard InChI is InChI=1S/C26H35N5O2/c1-27-26(30-18-22-10-7-14-28-25(22)33-23-11-5-6-12-23)29-17-21-16-24(32)31(19-21)15-13-20-8-3-2-4-9-20/h2-4,7-10,14,21,23H,5-6,11-13,15-19H2,1H3,(H2,27,29,30). The van der Waals surface area contributed by atoms with Crippen LogP contribution in [0.4, 0.5) is 0 Å². The normalized spacial score (nSPS) is 19.2. The van der Waals surface area contributed by atoms with Crippen LogP contribution in [0.5, 0.6) is 5.88 Å². The number of guanidine groups is 1. The number of rotatable bonds is 9. The second-order valence-electron chi connectivity index (χ2n) is 8.94. The summed E-state index contributed by atoms with van der Waals surface area (Å²) in [5, 5.41) is 6.75. The van der Waals surface area contributed by atoms with Crippen LogP contribution >= 0.6 is 0 Å². The van der Waals surface area contributed by atoms with E-state index in [1.807, 2.05) is 35.2 Å². The van der Waals surface area contributed by atoms with Gasteiger partial charge in [0.15, 0.2) is 5.96 Å². The summed E-state index contributed by atoms with van der Waals surface area (Å²) in [5.41, 5.74) is 2.29. The minimum Gasteiger partial charge on any atom is -0.474 e. The van der Waals surface area contributed by atoms with Crippen molar-refractivity contribution in [2.24, 2.45) is 10.9 Å². The number of carbonyl (C=O) groups is 1. The molecule has 1 saturated heterocycles. The Morgan fingerprint density at radius 3 is 2.76 bits per heavy atom. The highest BCUT2D eigenvalue weighted by molar-refractivity contribution is 5.80. The van der Waals surface area contributed by atoms with Gasteiger partial charge < -0.3 is 20.3 Å². The van der Waals surface area contributed by atoms with Gasteiger partial charge in [-0.1, -0.05) is 36.4 Å². The molecule has 1 atom stereocenters. The van der Waals surface area contributed by atoms with Gasteiger partial charge in [0, 0.05) is 57.3 Å². The SMILES string of the molecule is CN=C(NCc1cccnc1OC1CCCC1)NCC1CC(=O)N(CCc2ccccc2)C1. The predicted molar refractivity (Wildman–Crippen MR) is 130 cm³/mol. The van der Waals surface area contributed by atoms with Gasteiger partial charge in [0.25, 0.3) is 0 Å². The molecule has 1 unspecified atom stereocenters. The van der Waals surface area contributed by atoms with Crippen molar-refractivity contribution in [3.63, 3.8) is 0 Å². The number of aliphatic imine (C=N–C) groups is 1. The lowest BCUT2D eigenvalue weighted by molar-refractivity contribution is -0.127. The summed E-state index contributed by atoms with van der Waals surface area (Å²) in [6, 6.07) is 14.3. The second kappa shape index (κ2) is 11.7. The molecule has 33 heavy (non-hydrogen) atoms. The average Bonchev–Trinajstić information content (AvgIpc) is 3.48. The first-order valence-corrected chi connectivity index (χ1v) is 12.1. The molecule has 1 aromatic carbocycles. The maximum absolute atomic E-state index is 12.4. The minimum atomic E-state index is 0.241. The number of carbonyl (C=O) groups excluding carboxylic acids is 1. The van der Waals surface area contributed by atoms with Crippen molar-refractivity contribution in [3.8, 4) is 5.88 Å². The fourth-order valence-electron chi connectivity index (χ4n) is 4.58. The average molecular weight is 450 g/mol. The van der Waals surface area contributed by atoms with Crippen LogP contribution in [0.1, 0.15) is 43.2 Å². The highest BCUT2D eigenvalue weighted by atomic mass is 16.5. The number of amides is 1. The van der Waals surface area contributed by atoms with Crippen molar-refractivity contribution < 1.29 is 9.53 Å². The van der Waals surface area contributed by atoms with Gasteiger partial charge in [-0.05, 0) is 43.7 Å². The Bertz CT molecular complexity index is 927. The zero-order valence-corrected chi connectivity index (χ0v) is 19.5. The second-order valence-corrected chi connectivity index (χ2v) is 8.94. The maximum Gasteiger partial charge on any atom is 0.223 e. The van der Waals surface area contributed by atoms with Crippen LogP contribution in [0.15, 0.2) is 53.7 Å². The van der Waals surface area contributed by atoms with E-state index < -0.39 is 0 Å². The third kappa shape index (κ3) is 6.70. The van der Waals surface area contributed by atoms with Gasteiger partial charge in [0.05, 0.1) is 0 Å². The molecule has 2 N–H and O–H groups in total. The summed E-state index contributed by atoms with van der Waals surface area (Å²) < 4.78 is 6.14. The van der Waals surface area contributed by atoms with Crippen molar-refractivity contribution in [2.45, 2.75) is 51.2 Å². The third-order valence-electron chi connectivity index (χ3n) is 6.47. The van der Waals surface area contributed by atoms with Crippen LogP contribution in [-0.2, 0) is 17.8 Å². The van der Waals surface area contributed by atoms with Crippen LogP contribution in [-0.4, -0.2) is 54.5 Å². The Hall–Kier alpha value is -3.09. The molecule has 1 aliphatic heterocycles. The molecule has 0 spiro atoms. The number of pyridine rings is 1. The highest BCUT2D eigenvalue weighted by Crippen LogP contribution is 2.25. The Labute approximate surface area is 196 Å². The van der Waals surface area contributed by atoms with Crippen LogP contribution in [0.3, 0.4) is 0 Å². The lowest BCUT2D eigenvalue weighted by Crippen LogP contribution is -2.40. The summed E-state index contributed by atoms with van der Waals surface area (Å²) in [6.07, 6.45) is 8.21. The van der Waals surface area contributed by atoms with Gasteiger partial charge in [-0.3, -0.25) is 9.79 Å². The van der Waals surface area contributed by atoms with E-state index in [2.05, 4.69) is 32.7 Å². The molecule has 2 heterocycles. The summed E-state index contributed by atoms with van der Waals surface area (Å²) in [5.74, 6) is 1.96. The predicted octanol–water partition coefficient (Wildman–Crippen LogP) is 3.16. The number of ether oxygens (including phenoxy) is 1. The van der Waals surface area contributed by atoms with Gasteiger partial charge in [0.2, 0.25) is 11.8 Å². The molecule has 0 radical (unpaired) electrons. The fourth-order valence-corrected chi connectivity index (χ4v) is 4.58. The van der Waals surface area contributed by atoms with Crippen LogP contribution in [0.2, 0.25) is 0 Å². The number of aromatic nitrogens is 1. The van der Waals surface area contributed by atoms with E-state index in [0.717, 1.165) is 43.9 Å². The minimum absolute atomic E-state index is 0.241. The molecule has 1 saturated carbocycles. The molecule has 176 valence electrons. The van der Waals surface area contributed by atoms with Gasteiger partial charge in [-0.25, -0.2) is 4.98 Å². The molecule has 4 rings (SSSR count). The smallest absolute Gasteiger partial charge is 0.223 e. The Morgan fingerprint density at radius 2 is 1.97 bits per heavy atom. The monoisotopic (exact) mass is 449 g/mol. The highest BCUT2D eigenvalue weighted by Gasteiger charge is 2.29. The molecule has 7 nitrogen and oxygen atoms in total. The molecule has 0 bridgehead atoms. The first kappa shape index (κ1) is 23.1. The molecule has 2 aliphatic rings. The first-order valence-electron chi connectivity index (χ1n) is 12.1. The van der Waals surface area contributed by atoms with E-state index >= 15 is 0 Å². The summed E-state index contributed by atoms with van der Waals surface area (Å²) in [7, 11) is 1.76. The van der Waals surface area contributed by atoms with Crippen molar-refractivity contribution in [1.82, 2.24) is 20.5 Å². The first-order chi connectivity index (χ1) is 16.2. The van der Waals surface area contributed by atoms with E-state index in [0.29, 0.717) is 25.4 Å². The van der Waals surface area contributed by atoms with Crippen molar-refractivity contribution in [1.29, 1.82) is 0 Å². The molecule has 1 aromatic heterocycles. The van der Waals surface area contributed by atoms with E-state index in [-0.39, 0.29) is 17.9 Å². The molecular formula is C26H35N5O2. The zero-order valence-electron chi connectivity index (χ0n) is 19.5. The topological polar surface area (TPSA) is 78.9 Å². The number of hydrogen-bond acceptors (Lipinski definition) is 4. The fraction of sp³-hybridized carbons (Fsp3) is 0.500. The van der Waals surface area contributed by atoms with Gasteiger partial charge in [0.1, 0.15) is 6.10 Å². The van der Waals surface area contributed by atoms with Crippen molar-refractivity contribution in [2.75, 3.05) is 26.7 Å². The molecule has 2 fully saturated rings. The molecule has 1 amide bonds. The Balaban J connectivity index is 1.22. The van der Waals surface area contributed by atoms with Crippen molar-refractivity contribution in [3.05, 3.63) is 59.8 Å². The number of nitrogens with zero attached hydrogens (tertiary/aromatic N) is 3. The van der Waals surface area contributed by atoms with Crippen LogP contribution < -0.4 is 15.4 Å². The van der Waals surface area contributed by atoms with E-state index in [4.69, 9.17) is 4.74 Å². The molecule has 1 aliphatic carbocycles. The summed E-state index contributed by atoms with van der Waals surface area (Å²) >= 11 is 0.